The van der Waals surface area contributed by atoms with Crippen LogP contribution in [0.15, 0.2) is 77.2 Å². The topological polar surface area (TPSA) is 71.3 Å². The third-order valence-electron chi connectivity index (χ3n) is 4.57. The summed E-state index contributed by atoms with van der Waals surface area (Å²) in [4.78, 5) is 24.6. The Hall–Kier alpha value is -3.60. The zero-order chi connectivity index (χ0) is 19.5. The number of hydrogen-bond donors (Lipinski definition) is 2. The first-order chi connectivity index (χ1) is 13.6. The van der Waals surface area contributed by atoms with E-state index < -0.39 is 0 Å². The monoisotopic (exact) mass is 372 g/mol. The highest BCUT2D eigenvalue weighted by molar-refractivity contribution is 6.07. The summed E-state index contributed by atoms with van der Waals surface area (Å²) >= 11 is 0. The molecule has 4 aromatic rings. The Labute approximate surface area is 162 Å². The molecule has 1 atom stereocenters. The van der Waals surface area contributed by atoms with E-state index in [1.54, 1.807) is 12.1 Å². The lowest BCUT2D eigenvalue weighted by Crippen LogP contribution is -2.35. The van der Waals surface area contributed by atoms with E-state index in [0.717, 1.165) is 21.9 Å². The highest BCUT2D eigenvalue weighted by Crippen LogP contribution is 2.30. The Balaban J connectivity index is 1.42. The average molecular weight is 372 g/mol. The summed E-state index contributed by atoms with van der Waals surface area (Å²) in [5.74, 6) is -0.347. The molecule has 5 nitrogen and oxygen atoms in total. The molecule has 5 heteroatoms. The van der Waals surface area contributed by atoms with Gasteiger partial charge in [-0.15, -0.1) is 0 Å². The fraction of sp³-hybridized carbons (Fsp3) is 0.130. The summed E-state index contributed by atoms with van der Waals surface area (Å²) < 4.78 is 5.80. The second-order valence-electron chi connectivity index (χ2n) is 6.80. The smallest absolute Gasteiger partial charge is 0.251 e. The van der Waals surface area contributed by atoms with Gasteiger partial charge in [0.05, 0.1) is 0 Å². The summed E-state index contributed by atoms with van der Waals surface area (Å²) in [6.07, 6.45) is 0.183. The largest absolute Gasteiger partial charge is 0.456 e. The van der Waals surface area contributed by atoms with E-state index >= 15 is 0 Å². The molecule has 1 heterocycles. The molecule has 4 rings (SSSR count). The van der Waals surface area contributed by atoms with Crippen LogP contribution >= 0.6 is 0 Å². The van der Waals surface area contributed by atoms with Crippen LogP contribution in [0.3, 0.4) is 0 Å². The van der Waals surface area contributed by atoms with Crippen molar-refractivity contribution in [2.75, 3.05) is 5.32 Å². The number of rotatable bonds is 5. The van der Waals surface area contributed by atoms with Gasteiger partial charge in [0.2, 0.25) is 5.91 Å². The zero-order valence-corrected chi connectivity index (χ0v) is 15.4. The van der Waals surface area contributed by atoms with Crippen LogP contribution in [0.4, 0.5) is 5.69 Å². The first-order valence-corrected chi connectivity index (χ1v) is 9.17. The van der Waals surface area contributed by atoms with Crippen LogP contribution in [0, 0.1) is 0 Å². The van der Waals surface area contributed by atoms with Gasteiger partial charge in [-0.1, -0.05) is 36.4 Å². The molecular weight excluding hydrogens is 352 g/mol. The van der Waals surface area contributed by atoms with Crippen LogP contribution < -0.4 is 10.6 Å². The predicted octanol–water partition coefficient (Wildman–Crippen LogP) is 4.73. The molecule has 0 saturated heterocycles. The Morgan fingerprint density at radius 1 is 0.893 bits per heavy atom. The van der Waals surface area contributed by atoms with Crippen LogP contribution in [0.25, 0.3) is 21.9 Å². The maximum atomic E-state index is 12.4. The summed E-state index contributed by atoms with van der Waals surface area (Å²) in [7, 11) is 0. The minimum atomic E-state index is -0.286. The third kappa shape index (κ3) is 3.74. The maximum Gasteiger partial charge on any atom is 0.251 e. The van der Waals surface area contributed by atoms with Crippen molar-refractivity contribution in [2.45, 2.75) is 19.4 Å². The molecule has 28 heavy (non-hydrogen) atoms. The molecule has 2 N–H and O–H groups in total. The number of fused-ring (bicyclic) bond motifs is 3. The van der Waals surface area contributed by atoms with Gasteiger partial charge >= 0.3 is 0 Å². The highest BCUT2D eigenvalue weighted by atomic mass is 16.3. The van der Waals surface area contributed by atoms with E-state index in [1.807, 2.05) is 67.6 Å². The summed E-state index contributed by atoms with van der Waals surface area (Å²) in [5, 5.41) is 7.72. The zero-order valence-electron chi connectivity index (χ0n) is 15.4. The summed E-state index contributed by atoms with van der Waals surface area (Å²) in [5.41, 5.74) is 2.87. The van der Waals surface area contributed by atoms with Crippen molar-refractivity contribution in [1.29, 1.82) is 0 Å². The predicted molar refractivity (Wildman–Crippen MR) is 110 cm³/mol. The van der Waals surface area contributed by atoms with Gasteiger partial charge in [-0.3, -0.25) is 9.59 Å². The quantitative estimate of drug-likeness (QED) is 0.532. The number of hydrogen-bond acceptors (Lipinski definition) is 3. The van der Waals surface area contributed by atoms with Gasteiger partial charge in [0, 0.05) is 34.5 Å². The van der Waals surface area contributed by atoms with Crippen molar-refractivity contribution in [3.63, 3.8) is 0 Å². The lowest BCUT2D eigenvalue weighted by molar-refractivity contribution is -0.116. The van der Waals surface area contributed by atoms with E-state index in [9.17, 15) is 9.59 Å². The standard InChI is InChI=1S/C23H20N2O3/c1-15(24-23(27)16-7-3-2-4-8-16)13-22(26)25-17-11-12-21-19(14-17)18-9-5-6-10-20(18)28-21/h2-12,14-15H,13H2,1H3,(H,24,27)(H,25,26). The summed E-state index contributed by atoms with van der Waals surface area (Å²) in [6, 6.07) is 22.0. The Morgan fingerprint density at radius 3 is 2.43 bits per heavy atom. The van der Waals surface area contributed by atoms with Crippen molar-refractivity contribution in [2.24, 2.45) is 0 Å². The van der Waals surface area contributed by atoms with Crippen molar-refractivity contribution < 1.29 is 14.0 Å². The van der Waals surface area contributed by atoms with Gasteiger partial charge in [-0.2, -0.15) is 0 Å². The number of furan rings is 1. The lowest BCUT2D eigenvalue weighted by Gasteiger charge is -2.14. The second kappa shape index (κ2) is 7.56. The maximum absolute atomic E-state index is 12.4. The van der Waals surface area contributed by atoms with Gasteiger partial charge in [-0.25, -0.2) is 0 Å². The van der Waals surface area contributed by atoms with E-state index in [1.165, 1.54) is 0 Å². The number of nitrogens with one attached hydrogen (secondary N) is 2. The van der Waals surface area contributed by atoms with Gasteiger partial charge in [0.25, 0.3) is 5.91 Å². The lowest BCUT2D eigenvalue weighted by atomic mass is 10.1. The number of amides is 2. The van der Waals surface area contributed by atoms with Crippen LogP contribution in [0.2, 0.25) is 0 Å². The van der Waals surface area contributed by atoms with Crippen LogP contribution in [-0.4, -0.2) is 17.9 Å². The van der Waals surface area contributed by atoms with Crippen LogP contribution in [-0.2, 0) is 4.79 Å². The molecule has 0 aliphatic rings. The minimum absolute atomic E-state index is 0.159. The van der Waals surface area contributed by atoms with Crippen LogP contribution in [0.1, 0.15) is 23.7 Å². The molecule has 0 saturated carbocycles. The molecule has 0 bridgehead atoms. The molecule has 0 aliphatic carbocycles. The number of benzene rings is 3. The van der Waals surface area contributed by atoms with Gasteiger partial charge in [-0.05, 0) is 43.3 Å². The minimum Gasteiger partial charge on any atom is -0.456 e. The Bertz CT molecular complexity index is 1150. The van der Waals surface area contributed by atoms with E-state index in [2.05, 4.69) is 10.6 Å². The van der Waals surface area contributed by atoms with Gasteiger partial charge in [0.15, 0.2) is 0 Å². The normalized spacial score (nSPS) is 12.0. The van der Waals surface area contributed by atoms with Crippen molar-refractivity contribution >= 4 is 39.4 Å². The molecule has 0 aliphatic heterocycles. The SMILES string of the molecule is CC(CC(=O)Nc1ccc2oc3ccccc3c2c1)NC(=O)c1ccccc1. The molecule has 2 amide bonds. The number of anilines is 1. The number of para-hydroxylation sites is 1. The Morgan fingerprint density at radius 2 is 1.61 bits per heavy atom. The van der Waals surface area contributed by atoms with E-state index in [-0.39, 0.29) is 24.3 Å². The first-order valence-electron chi connectivity index (χ1n) is 9.17. The molecule has 3 aromatic carbocycles. The number of carbonyl (C=O) groups excluding carboxylic acids is 2. The molecule has 1 aromatic heterocycles. The fourth-order valence-corrected chi connectivity index (χ4v) is 3.24. The first kappa shape index (κ1) is 17.8. The Kier molecular flexibility index (Phi) is 4.81. The third-order valence-corrected chi connectivity index (χ3v) is 4.57. The molecule has 140 valence electrons. The fourth-order valence-electron chi connectivity index (χ4n) is 3.24. The molecular formula is C23H20N2O3. The highest BCUT2D eigenvalue weighted by Gasteiger charge is 2.14. The molecule has 0 spiro atoms. The van der Waals surface area contributed by atoms with E-state index in [0.29, 0.717) is 11.3 Å². The van der Waals surface area contributed by atoms with Gasteiger partial charge < -0.3 is 15.1 Å². The van der Waals surface area contributed by atoms with Gasteiger partial charge in [0.1, 0.15) is 11.2 Å². The average Bonchev–Trinajstić information content (AvgIpc) is 3.06. The second-order valence-corrected chi connectivity index (χ2v) is 6.80. The molecule has 0 fully saturated rings. The van der Waals surface area contributed by atoms with Crippen molar-refractivity contribution in [3.8, 4) is 0 Å². The molecule has 0 radical (unpaired) electrons. The number of carbonyl (C=O) groups is 2. The van der Waals surface area contributed by atoms with Crippen molar-refractivity contribution in [3.05, 3.63) is 78.4 Å². The summed E-state index contributed by atoms with van der Waals surface area (Å²) in [6.45, 7) is 1.81. The molecule has 1 unspecified atom stereocenters. The van der Waals surface area contributed by atoms with E-state index in [4.69, 9.17) is 4.42 Å². The van der Waals surface area contributed by atoms with Crippen LogP contribution in [0.5, 0.6) is 0 Å². The van der Waals surface area contributed by atoms with Crippen molar-refractivity contribution in [1.82, 2.24) is 5.32 Å².